The predicted molar refractivity (Wildman–Crippen MR) is 85.7 cm³/mol. The molecule has 0 atom stereocenters. The van der Waals surface area contributed by atoms with Gasteiger partial charge in [0.05, 0.1) is 5.39 Å². The SMILES string of the molecule is Cc1c(C(=O)C=[N+]=[N-])oc2cccc(OCc3ccccc3)c12. The molecule has 114 valence electrons. The monoisotopic (exact) mass is 306 g/mol. The van der Waals surface area contributed by atoms with Crippen LogP contribution in [0.5, 0.6) is 5.75 Å². The number of carbonyl (C=O) groups excluding carboxylic acids is 1. The maximum atomic E-state index is 11.9. The number of furan rings is 1. The molecule has 0 unspecified atom stereocenters. The highest BCUT2D eigenvalue weighted by atomic mass is 16.5. The topological polar surface area (TPSA) is 75.8 Å². The fourth-order valence-electron chi connectivity index (χ4n) is 2.47. The molecular weight excluding hydrogens is 292 g/mol. The second-order valence-electron chi connectivity index (χ2n) is 5.07. The predicted octanol–water partition coefficient (Wildman–Crippen LogP) is 3.80. The molecule has 0 fully saturated rings. The van der Waals surface area contributed by atoms with Crippen LogP contribution >= 0.6 is 0 Å². The standard InChI is InChI=1S/C18H14N2O3/c1-12-17-15(22-11-13-6-3-2-4-7-13)8-5-9-16(17)23-18(12)14(21)10-20-19/h2-10H,11H2,1H3. The third kappa shape index (κ3) is 2.91. The van der Waals surface area contributed by atoms with Gasteiger partial charge in [-0.3, -0.25) is 4.79 Å². The molecule has 5 heteroatoms. The largest absolute Gasteiger partial charge is 0.488 e. The van der Waals surface area contributed by atoms with Gasteiger partial charge in [0.2, 0.25) is 0 Å². The Hall–Kier alpha value is -3.17. The molecule has 0 bridgehead atoms. The van der Waals surface area contributed by atoms with Crippen molar-refractivity contribution in [3.05, 3.63) is 70.9 Å². The number of nitrogens with zero attached hydrogens (tertiary/aromatic N) is 2. The first-order chi connectivity index (χ1) is 11.2. The first-order valence-corrected chi connectivity index (χ1v) is 7.11. The van der Waals surface area contributed by atoms with E-state index >= 15 is 0 Å². The lowest BCUT2D eigenvalue weighted by molar-refractivity contribution is 0.00210. The lowest BCUT2D eigenvalue weighted by Gasteiger charge is -2.07. The lowest BCUT2D eigenvalue weighted by Crippen LogP contribution is -2.01. The number of aryl methyl sites for hydroxylation is 1. The molecule has 23 heavy (non-hydrogen) atoms. The third-order valence-corrected chi connectivity index (χ3v) is 3.55. The fraction of sp³-hybridized carbons (Fsp3) is 0.111. The number of fused-ring (bicyclic) bond motifs is 1. The van der Waals surface area contributed by atoms with Crippen molar-refractivity contribution in [2.75, 3.05) is 0 Å². The Morgan fingerprint density at radius 2 is 2.00 bits per heavy atom. The van der Waals surface area contributed by atoms with Crippen LogP contribution in [0.2, 0.25) is 0 Å². The van der Waals surface area contributed by atoms with Crippen molar-refractivity contribution in [2.24, 2.45) is 0 Å². The zero-order valence-electron chi connectivity index (χ0n) is 12.5. The molecule has 3 rings (SSSR count). The molecule has 2 aromatic carbocycles. The molecule has 0 aliphatic carbocycles. The number of rotatable bonds is 5. The van der Waals surface area contributed by atoms with E-state index in [2.05, 4.69) is 4.79 Å². The number of hydrogen-bond donors (Lipinski definition) is 0. The van der Waals surface area contributed by atoms with Gasteiger partial charge in [0, 0.05) is 5.56 Å². The van der Waals surface area contributed by atoms with Crippen molar-refractivity contribution in [3.63, 3.8) is 0 Å². The van der Waals surface area contributed by atoms with Gasteiger partial charge in [-0.1, -0.05) is 36.4 Å². The zero-order valence-corrected chi connectivity index (χ0v) is 12.5. The molecule has 0 saturated heterocycles. The first-order valence-electron chi connectivity index (χ1n) is 7.11. The van der Waals surface area contributed by atoms with E-state index in [1.165, 1.54) is 0 Å². The molecular formula is C18H14N2O3. The number of ketones is 1. The highest BCUT2D eigenvalue weighted by molar-refractivity contribution is 6.33. The molecule has 0 amide bonds. The summed E-state index contributed by atoms with van der Waals surface area (Å²) in [6, 6.07) is 15.2. The number of hydrogen-bond acceptors (Lipinski definition) is 3. The van der Waals surface area contributed by atoms with Crippen LogP contribution in [-0.2, 0) is 6.61 Å². The molecule has 0 N–H and O–H groups in total. The molecule has 3 aromatic rings. The van der Waals surface area contributed by atoms with Gasteiger partial charge >= 0.3 is 12.0 Å². The minimum absolute atomic E-state index is 0.147. The van der Waals surface area contributed by atoms with Crippen molar-refractivity contribution in [1.29, 1.82) is 0 Å². The zero-order chi connectivity index (χ0) is 16.2. The molecule has 0 saturated carbocycles. The summed E-state index contributed by atoms with van der Waals surface area (Å²) in [4.78, 5) is 14.6. The molecule has 0 spiro atoms. The quantitative estimate of drug-likeness (QED) is 0.311. The smallest absolute Gasteiger partial charge is 0.331 e. The van der Waals surface area contributed by atoms with Crippen molar-refractivity contribution in [1.82, 2.24) is 0 Å². The maximum Gasteiger partial charge on any atom is 0.331 e. The second-order valence-corrected chi connectivity index (χ2v) is 5.07. The molecule has 0 aliphatic heterocycles. The van der Waals surface area contributed by atoms with Crippen molar-refractivity contribution >= 4 is 23.0 Å². The minimum atomic E-state index is -0.491. The number of ether oxygens (including phenoxy) is 1. The van der Waals surface area contributed by atoms with Crippen LogP contribution in [0.15, 0.2) is 52.9 Å². The van der Waals surface area contributed by atoms with E-state index in [4.69, 9.17) is 14.7 Å². The Kier molecular flexibility index (Phi) is 4.04. The molecule has 5 nitrogen and oxygen atoms in total. The summed E-state index contributed by atoms with van der Waals surface area (Å²) < 4.78 is 11.5. The number of carbonyl (C=O) groups is 1. The Bertz CT molecular complexity index is 907. The average Bonchev–Trinajstić information content (AvgIpc) is 2.92. The lowest BCUT2D eigenvalue weighted by atomic mass is 10.1. The number of Topliss-reactive ketones (excluding diaryl/α,β-unsaturated/α-hetero) is 1. The van der Waals surface area contributed by atoms with Crippen LogP contribution in [-0.4, -0.2) is 16.8 Å². The van der Waals surface area contributed by atoms with Crippen LogP contribution in [0.4, 0.5) is 0 Å². The Morgan fingerprint density at radius 1 is 1.22 bits per heavy atom. The highest BCUT2D eigenvalue weighted by Gasteiger charge is 2.21. The van der Waals surface area contributed by atoms with Gasteiger partial charge in [-0.2, -0.15) is 4.79 Å². The van der Waals surface area contributed by atoms with Crippen LogP contribution < -0.4 is 4.74 Å². The van der Waals surface area contributed by atoms with Crippen LogP contribution in [0.25, 0.3) is 16.5 Å². The van der Waals surface area contributed by atoms with Gasteiger partial charge in [-0.15, -0.1) is 0 Å². The van der Waals surface area contributed by atoms with Gasteiger partial charge in [0.25, 0.3) is 0 Å². The van der Waals surface area contributed by atoms with E-state index < -0.39 is 5.78 Å². The number of benzene rings is 2. The summed E-state index contributed by atoms with van der Waals surface area (Å²) in [5, 5.41) is 0.748. The fourth-order valence-corrected chi connectivity index (χ4v) is 2.47. The summed E-state index contributed by atoms with van der Waals surface area (Å²) in [5.41, 5.74) is 10.8. The van der Waals surface area contributed by atoms with Gasteiger partial charge in [-0.25, -0.2) is 0 Å². The molecule has 0 aliphatic rings. The van der Waals surface area contributed by atoms with Gasteiger partial charge in [0.15, 0.2) is 5.76 Å². The summed E-state index contributed by atoms with van der Waals surface area (Å²) in [6.07, 6.45) is 0.815. The van der Waals surface area contributed by atoms with E-state index in [0.29, 0.717) is 23.5 Å². The minimum Gasteiger partial charge on any atom is -0.488 e. The van der Waals surface area contributed by atoms with E-state index in [0.717, 1.165) is 17.2 Å². The van der Waals surface area contributed by atoms with Gasteiger partial charge in [0.1, 0.15) is 17.9 Å². The van der Waals surface area contributed by atoms with Crippen molar-refractivity contribution in [3.8, 4) is 5.75 Å². The van der Waals surface area contributed by atoms with E-state index in [9.17, 15) is 4.79 Å². The van der Waals surface area contributed by atoms with Crippen LogP contribution in [0, 0.1) is 6.92 Å². The van der Waals surface area contributed by atoms with E-state index in [1.807, 2.05) is 36.4 Å². The van der Waals surface area contributed by atoms with Crippen molar-refractivity contribution in [2.45, 2.75) is 13.5 Å². The van der Waals surface area contributed by atoms with Gasteiger partial charge in [-0.05, 0) is 24.6 Å². The molecule has 1 heterocycles. The molecule has 1 aromatic heterocycles. The maximum absolute atomic E-state index is 11.9. The second kappa shape index (κ2) is 6.30. The van der Waals surface area contributed by atoms with E-state index in [1.54, 1.807) is 19.1 Å². The van der Waals surface area contributed by atoms with Gasteiger partial charge < -0.3 is 14.7 Å². The van der Waals surface area contributed by atoms with Crippen molar-refractivity contribution < 1.29 is 18.7 Å². The van der Waals surface area contributed by atoms with Crippen LogP contribution in [0.3, 0.4) is 0 Å². The molecule has 0 radical (unpaired) electrons. The summed E-state index contributed by atoms with van der Waals surface area (Å²) in [5.74, 6) is 0.302. The summed E-state index contributed by atoms with van der Waals surface area (Å²) in [6.45, 7) is 2.20. The first kappa shape index (κ1) is 14.8. The average molecular weight is 306 g/mol. The Morgan fingerprint density at radius 3 is 2.74 bits per heavy atom. The Labute approximate surface area is 132 Å². The highest BCUT2D eigenvalue weighted by Crippen LogP contribution is 2.33. The Balaban J connectivity index is 1.98. The summed E-state index contributed by atoms with van der Waals surface area (Å²) in [7, 11) is 0. The third-order valence-electron chi connectivity index (χ3n) is 3.55. The summed E-state index contributed by atoms with van der Waals surface area (Å²) >= 11 is 0. The van der Waals surface area contributed by atoms with Crippen LogP contribution in [0.1, 0.15) is 21.7 Å². The van der Waals surface area contributed by atoms with E-state index in [-0.39, 0.29) is 5.76 Å². The normalized spacial score (nSPS) is 10.3.